The van der Waals surface area contributed by atoms with Crippen LogP contribution in [-0.4, -0.2) is 22.6 Å². The average Bonchev–Trinajstić information content (AvgIpc) is 2.62. The van der Waals surface area contributed by atoms with Gasteiger partial charge in [0, 0.05) is 18.3 Å². The van der Waals surface area contributed by atoms with Gasteiger partial charge in [0.2, 0.25) is 0 Å². The second kappa shape index (κ2) is 5.86. The molecular weight excluding hydrogens is 322 g/mol. The van der Waals surface area contributed by atoms with Gasteiger partial charge in [-0.25, -0.2) is 9.97 Å². The molecule has 0 saturated heterocycles. The third-order valence-corrected chi connectivity index (χ3v) is 6.75. The molecule has 0 atom stereocenters. The molecule has 4 aliphatic carbocycles. The van der Waals surface area contributed by atoms with Gasteiger partial charge < -0.3 is 16.0 Å². The van der Waals surface area contributed by atoms with Crippen LogP contribution in [0.5, 0.6) is 0 Å². The van der Waals surface area contributed by atoms with Crippen LogP contribution in [0.2, 0.25) is 0 Å². The van der Waals surface area contributed by atoms with Crippen LogP contribution in [0.4, 0.5) is 23.0 Å². The number of nitrogens with one attached hydrogen (secondary N) is 1. The van der Waals surface area contributed by atoms with Crippen LogP contribution in [0, 0.1) is 17.8 Å². The SMILES string of the molecule is CN(c1ccccc1)c1ncnc(NC23CC4CC(CC(C4)C2)C3)c1N. The molecule has 6 rings (SSSR count). The number of benzene rings is 1. The molecule has 0 unspecified atom stereocenters. The fourth-order valence-electron chi connectivity index (χ4n) is 6.04. The fourth-order valence-corrected chi connectivity index (χ4v) is 6.04. The first kappa shape index (κ1) is 15.9. The molecule has 3 N–H and O–H groups in total. The third kappa shape index (κ3) is 2.61. The first-order valence-corrected chi connectivity index (χ1v) is 9.79. The summed E-state index contributed by atoms with van der Waals surface area (Å²) in [5.74, 6) is 4.24. The minimum atomic E-state index is 0.194. The highest BCUT2D eigenvalue weighted by molar-refractivity contribution is 5.79. The molecule has 4 fully saturated rings. The van der Waals surface area contributed by atoms with E-state index >= 15 is 0 Å². The number of hydrogen-bond donors (Lipinski definition) is 2. The third-order valence-electron chi connectivity index (χ3n) is 6.75. The number of nitrogen functional groups attached to an aromatic ring is 1. The van der Waals surface area contributed by atoms with Gasteiger partial charge in [-0.15, -0.1) is 0 Å². The van der Waals surface area contributed by atoms with Gasteiger partial charge in [0.15, 0.2) is 11.6 Å². The number of aromatic nitrogens is 2. The molecule has 0 aliphatic heterocycles. The number of para-hydroxylation sites is 1. The maximum Gasteiger partial charge on any atom is 0.161 e. The Morgan fingerprint density at radius 1 is 1.00 bits per heavy atom. The van der Waals surface area contributed by atoms with E-state index in [1.54, 1.807) is 6.33 Å². The highest BCUT2D eigenvalue weighted by Gasteiger charge is 2.51. The lowest BCUT2D eigenvalue weighted by atomic mass is 9.53. The Balaban J connectivity index is 1.44. The van der Waals surface area contributed by atoms with Crippen LogP contribution in [0.3, 0.4) is 0 Å². The van der Waals surface area contributed by atoms with Gasteiger partial charge in [0.25, 0.3) is 0 Å². The van der Waals surface area contributed by atoms with E-state index < -0.39 is 0 Å². The number of rotatable bonds is 4. The lowest BCUT2D eigenvalue weighted by Gasteiger charge is -2.57. The molecule has 136 valence electrons. The van der Waals surface area contributed by atoms with Gasteiger partial charge in [0.1, 0.15) is 12.0 Å². The van der Waals surface area contributed by atoms with Gasteiger partial charge in [0.05, 0.1) is 0 Å². The van der Waals surface area contributed by atoms with Crippen LogP contribution >= 0.6 is 0 Å². The van der Waals surface area contributed by atoms with Crippen molar-refractivity contribution in [2.24, 2.45) is 17.8 Å². The number of nitrogens with zero attached hydrogens (tertiary/aromatic N) is 3. The molecule has 0 radical (unpaired) electrons. The molecule has 4 aliphatic rings. The van der Waals surface area contributed by atoms with Crippen molar-refractivity contribution < 1.29 is 0 Å². The van der Waals surface area contributed by atoms with Crippen LogP contribution in [0.1, 0.15) is 38.5 Å². The average molecular weight is 349 g/mol. The highest BCUT2D eigenvalue weighted by Crippen LogP contribution is 2.56. The summed E-state index contributed by atoms with van der Waals surface area (Å²) < 4.78 is 0. The first-order valence-electron chi connectivity index (χ1n) is 9.79. The van der Waals surface area contributed by atoms with E-state index in [1.165, 1.54) is 38.5 Å². The van der Waals surface area contributed by atoms with Crippen molar-refractivity contribution in [1.29, 1.82) is 0 Å². The minimum Gasteiger partial charge on any atom is -0.393 e. The predicted molar refractivity (Wildman–Crippen MR) is 105 cm³/mol. The topological polar surface area (TPSA) is 67.1 Å². The van der Waals surface area contributed by atoms with Crippen molar-refractivity contribution in [1.82, 2.24) is 9.97 Å². The number of anilines is 4. The predicted octanol–water partition coefficient (Wildman–Crippen LogP) is 4.21. The number of hydrogen-bond acceptors (Lipinski definition) is 5. The minimum absolute atomic E-state index is 0.194. The molecule has 0 amide bonds. The fraction of sp³-hybridized carbons (Fsp3) is 0.524. The molecule has 1 heterocycles. The van der Waals surface area contributed by atoms with E-state index in [0.717, 1.165) is 35.1 Å². The van der Waals surface area contributed by atoms with Crippen molar-refractivity contribution >= 4 is 23.0 Å². The van der Waals surface area contributed by atoms with Crippen LogP contribution < -0.4 is 16.0 Å². The molecule has 4 saturated carbocycles. The normalized spacial score (nSPS) is 31.8. The Morgan fingerprint density at radius 3 is 2.23 bits per heavy atom. The largest absolute Gasteiger partial charge is 0.393 e. The monoisotopic (exact) mass is 349 g/mol. The summed E-state index contributed by atoms with van der Waals surface area (Å²) in [7, 11) is 2.00. The van der Waals surface area contributed by atoms with Crippen molar-refractivity contribution in [3.8, 4) is 0 Å². The van der Waals surface area contributed by atoms with Gasteiger partial charge in [-0.05, 0) is 68.4 Å². The van der Waals surface area contributed by atoms with E-state index in [0.29, 0.717) is 5.69 Å². The summed E-state index contributed by atoms with van der Waals surface area (Å²) in [5, 5.41) is 3.80. The van der Waals surface area contributed by atoms with Crippen molar-refractivity contribution in [2.45, 2.75) is 44.1 Å². The van der Waals surface area contributed by atoms with Gasteiger partial charge in [-0.1, -0.05) is 18.2 Å². The molecule has 1 aromatic carbocycles. The van der Waals surface area contributed by atoms with Gasteiger partial charge in [-0.3, -0.25) is 0 Å². The van der Waals surface area contributed by atoms with E-state index in [1.807, 2.05) is 30.1 Å². The van der Waals surface area contributed by atoms with E-state index in [9.17, 15) is 0 Å². The maximum absolute atomic E-state index is 6.52. The lowest BCUT2D eigenvalue weighted by Crippen LogP contribution is -2.55. The van der Waals surface area contributed by atoms with E-state index in [-0.39, 0.29) is 5.54 Å². The molecule has 5 nitrogen and oxygen atoms in total. The molecule has 1 aromatic heterocycles. The Hall–Kier alpha value is -2.30. The maximum atomic E-state index is 6.52. The molecule has 26 heavy (non-hydrogen) atoms. The van der Waals surface area contributed by atoms with Crippen LogP contribution in [-0.2, 0) is 0 Å². The zero-order valence-corrected chi connectivity index (χ0v) is 15.4. The Labute approximate surface area is 155 Å². The van der Waals surface area contributed by atoms with E-state index in [2.05, 4.69) is 27.4 Å². The standard InChI is InChI=1S/C21H27N5/c1-26(17-5-3-2-4-6-17)20-18(22)19(23-13-24-20)25-21-10-14-7-15(11-21)9-16(8-14)12-21/h2-6,13-16H,7-12,22H2,1H3,(H,23,24,25). The Morgan fingerprint density at radius 2 is 1.62 bits per heavy atom. The first-order chi connectivity index (χ1) is 12.6. The summed E-state index contributed by atoms with van der Waals surface area (Å²) in [6, 6.07) is 10.2. The lowest BCUT2D eigenvalue weighted by molar-refractivity contribution is 0.0106. The summed E-state index contributed by atoms with van der Waals surface area (Å²) in [6.07, 6.45) is 9.74. The molecule has 5 heteroatoms. The molecular formula is C21H27N5. The van der Waals surface area contributed by atoms with Crippen molar-refractivity contribution in [2.75, 3.05) is 23.0 Å². The summed E-state index contributed by atoms with van der Waals surface area (Å²) in [5.41, 5.74) is 8.43. The highest BCUT2D eigenvalue weighted by atomic mass is 15.2. The summed E-state index contributed by atoms with van der Waals surface area (Å²) in [4.78, 5) is 11.0. The molecule has 2 aromatic rings. The quantitative estimate of drug-likeness (QED) is 0.865. The van der Waals surface area contributed by atoms with Crippen LogP contribution in [0.25, 0.3) is 0 Å². The Kier molecular flexibility index (Phi) is 3.59. The van der Waals surface area contributed by atoms with Gasteiger partial charge in [-0.2, -0.15) is 0 Å². The smallest absolute Gasteiger partial charge is 0.161 e. The molecule has 4 bridgehead atoms. The van der Waals surface area contributed by atoms with E-state index in [4.69, 9.17) is 5.73 Å². The van der Waals surface area contributed by atoms with Crippen molar-refractivity contribution in [3.63, 3.8) is 0 Å². The second-order valence-corrected chi connectivity index (χ2v) is 8.68. The van der Waals surface area contributed by atoms with Crippen LogP contribution in [0.15, 0.2) is 36.7 Å². The zero-order chi connectivity index (χ0) is 17.7. The summed E-state index contributed by atoms with van der Waals surface area (Å²) in [6.45, 7) is 0. The Bertz CT molecular complexity index is 768. The van der Waals surface area contributed by atoms with Crippen molar-refractivity contribution in [3.05, 3.63) is 36.7 Å². The number of nitrogens with two attached hydrogens (primary N) is 1. The molecule has 0 spiro atoms. The second-order valence-electron chi connectivity index (χ2n) is 8.68. The zero-order valence-electron chi connectivity index (χ0n) is 15.4. The van der Waals surface area contributed by atoms with Gasteiger partial charge >= 0.3 is 0 Å². The summed E-state index contributed by atoms with van der Waals surface area (Å²) >= 11 is 0.